The summed E-state index contributed by atoms with van der Waals surface area (Å²) in [6, 6.07) is 49.7. The molecule has 0 aliphatic heterocycles. The third-order valence-electron chi connectivity index (χ3n) is 10.2. The van der Waals surface area contributed by atoms with Crippen molar-refractivity contribution in [3.8, 4) is 23.5 Å². The van der Waals surface area contributed by atoms with E-state index in [0.717, 1.165) is 98.9 Å². The Morgan fingerprint density at radius 1 is 0.400 bits per heavy atom. The van der Waals surface area contributed by atoms with Crippen LogP contribution in [0.4, 0.5) is 0 Å². The number of nitriles is 2. The molecule has 0 aliphatic carbocycles. The Kier molecular flexibility index (Phi) is 5.16. The first-order chi connectivity index (χ1) is 24.7. The van der Waals surface area contributed by atoms with Crippen LogP contribution in [0.15, 0.2) is 142 Å². The lowest BCUT2D eigenvalue weighted by molar-refractivity contribution is 0.669. The predicted molar refractivity (Wildman–Crippen MR) is 199 cm³/mol. The van der Waals surface area contributed by atoms with E-state index in [4.69, 9.17) is 8.83 Å². The molecule has 6 nitrogen and oxygen atoms in total. The van der Waals surface area contributed by atoms with E-state index < -0.39 is 0 Å². The van der Waals surface area contributed by atoms with Crippen LogP contribution in [0.2, 0.25) is 0 Å². The fourth-order valence-corrected chi connectivity index (χ4v) is 7.97. The van der Waals surface area contributed by atoms with E-state index >= 15 is 0 Å². The minimum atomic E-state index is 0.577. The summed E-state index contributed by atoms with van der Waals surface area (Å²) in [4.78, 5) is 0. The number of furan rings is 2. The lowest BCUT2D eigenvalue weighted by Crippen LogP contribution is -1.94. The van der Waals surface area contributed by atoms with Crippen LogP contribution < -0.4 is 0 Å². The highest BCUT2D eigenvalue weighted by molar-refractivity contribution is 6.21. The van der Waals surface area contributed by atoms with Crippen LogP contribution >= 0.6 is 0 Å². The Hall–Kier alpha value is -7.28. The molecule has 11 rings (SSSR count). The Bertz CT molecular complexity index is 3280. The zero-order chi connectivity index (χ0) is 33.1. The summed E-state index contributed by atoms with van der Waals surface area (Å²) in [7, 11) is 0. The number of rotatable bonds is 2. The van der Waals surface area contributed by atoms with Crippen molar-refractivity contribution in [3.63, 3.8) is 0 Å². The van der Waals surface area contributed by atoms with Gasteiger partial charge in [-0.25, -0.2) is 0 Å². The molecule has 0 aliphatic rings. The van der Waals surface area contributed by atoms with Gasteiger partial charge < -0.3 is 18.0 Å². The van der Waals surface area contributed by atoms with E-state index in [1.54, 1.807) is 0 Å². The van der Waals surface area contributed by atoms with Crippen molar-refractivity contribution in [1.82, 2.24) is 9.13 Å². The molecule has 6 heteroatoms. The van der Waals surface area contributed by atoms with Crippen LogP contribution in [-0.4, -0.2) is 9.13 Å². The van der Waals surface area contributed by atoms with E-state index in [1.807, 2.05) is 54.6 Å². The van der Waals surface area contributed by atoms with Gasteiger partial charge in [0.15, 0.2) is 5.58 Å². The average Bonchev–Trinajstić information content (AvgIpc) is 3.91. The average molecular weight is 639 g/mol. The summed E-state index contributed by atoms with van der Waals surface area (Å²) < 4.78 is 17.5. The highest BCUT2D eigenvalue weighted by atomic mass is 16.3. The first-order valence-electron chi connectivity index (χ1n) is 16.4. The highest BCUT2D eigenvalue weighted by Gasteiger charge is 2.20. The third-order valence-corrected chi connectivity index (χ3v) is 10.2. The summed E-state index contributed by atoms with van der Waals surface area (Å²) >= 11 is 0. The van der Waals surface area contributed by atoms with Gasteiger partial charge in [-0.1, -0.05) is 42.5 Å². The molecular formula is C44H22N4O2. The number of fused-ring (bicyclic) bond motifs is 13. The highest BCUT2D eigenvalue weighted by Crippen LogP contribution is 2.42. The smallest absolute Gasteiger partial charge is 0.160 e. The van der Waals surface area contributed by atoms with Crippen molar-refractivity contribution in [1.29, 1.82) is 10.5 Å². The topological polar surface area (TPSA) is 83.7 Å². The van der Waals surface area contributed by atoms with E-state index in [9.17, 15) is 10.5 Å². The van der Waals surface area contributed by atoms with Crippen molar-refractivity contribution in [2.24, 2.45) is 0 Å². The van der Waals surface area contributed by atoms with Crippen LogP contribution in [0.1, 0.15) is 11.1 Å². The van der Waals surface area contributed by atoms with Crippen molar-refractivity contribution in [3.05, 3.63) is 145 Å². The van der Waals surface area contributed by atoms with Crippen molar-refractivity contribution in [2.45, 2.75) is 0 Å². The Labute approximate surface area is 283 Å². The van der Waals surface area contributed by atoms with Crippen molar-refractivity contribution >= 4 is 87.5 Å². The van der Waals surface area contributed by atoms with Crippen molar-refractivity contribution < 1.29 is 8.83 Å². The molecule has 0 unspecified atom stereocenters. The van der Waals surface area contributed by atoms with E-state index in [0.29, 0.717) is 11.1 Å². The number of aromatic nitrogens is 2. The molecule has 0 saturated heterocycles. The standard InChI is InChI=1S/C44H22N4O2/c45-23-25-9-15-38-33(19-25)34-20-26(24-46)10-16-39(34)47(38)27-11-17-41-35(21-27)36-22-28(12-18-42(36)49-41)48-37-7-3-1-5-29(37)31-13-14-32-30-6-2-4-8-40(30)50-44(32)43(31)48/h1-22H. The second-order valence-corrected chi connectivity index (χ2v) is 12.8. The maximum absolute atomic E-state index is 9.66. The molecule has 4 aromatic heterocycles. The molecule has 0 bridgehead atoms. The van der Waals surface area contributed by atoms with E-state index in [1.165, 1.54) is 0 Å². The number of hydrogen-bond donors (Lipinski definition) is 0. The van der Waals surface area contributed by atoms with E-state index in [2.05, 4.69) is 100 Å². The van der Waals surface area contributed by atoms with Crippen LogP contribution in [0.5, 0.6) is 0 Å². The van der Waals surface area contributed by atoms with Crippen molar-refractivity contribution in [2.75, 3.05) is 0 Å². The number of hydrogen-bond acceptors (Lipinski definition) is 4. The second-order valence-electron chi connectivity index (χ2n) is 12.8. The summed E-state index contributed by atoms with van der Waals surface area (Å²) in [5, 5.41) is 27.7. The third kappa shape index (κ3) is 3.49. The molecule has 50 heavy (non-hydrogen) atoms. The molecule has 0 N–H and O–H groups in total. The fourth-order valence-electron chi connectivity index (χ4n) is 7.97. The van der Waals surface area contributed by atoms with Gasteiger partial charge in [0, 0.05) is 54.5 Å². The largest absolute Gasteiger partial charge is 0.456 e. The van der Waals surface area contributed by atoms with Gasteiger partial charge in [0.1, 0.15) is 16.7 Å². The van der Waals surface area contributed by atoms with Gasteiger partial charge in [-0.2, -0.15) is 10.5 Å². The monoisotopic (exact) mass is 638 g/mol. The number of nitrogens with zero attached hydrogens (tertiary/aromatic N) is 4. The van der Waals surface area contributed by atoms with Gasteiger partial charge >= 0.3 is 0 Å². The van der Waals surface area contributed by atoms with Crippen LogP contribution in [0.3, 0.4) is 0 Å². The lowest BCUT2D eigenvalue weighted by Gasteiger charge is -2.09. The summed E-state index contributed by atoms with van der Waals surface area (Å²) in [5.41, 5.74) is 10.5. The molecule has 4 heterocycles. The molecular weight excluding hydrogens is 617 g/mol. The Morgan fingerprint density at radius 3 is 1.64 bits per heavy atom. The minimum Gasteiger partial charge on any atom is -0.456 e. The fraction of sp³-hybridized carbons (Fsp3) is 0. The first-order valence-corrected chi connectivity index (χ1v) is 16.4. The summed E-state index contributed by atoms with van der Waals surface area (Å²) in [5.74, 6) is 0. The van der Waals surface area contributed by atoms with Gasteiger partial charge in [0.25, 0.3) is 0 Å². The maximum Gasteiger partial charge on any atom is 0.160 e. The Morgan fingerprint density at radius 2 is 0.960 bits per heavy atom. The van der Waals surface area contributed by atoms with Gasteiger partial charge in [0.2, 0.25) is 0 Å². The number of para-hydroxylation sites is 2. The Balaban J connectivity index is 1.19. The van der Waals surface area contributed by atoms with Crippen LogP contribution in [0, 0.1) is 22.7 Å². The molecule has 0 radical (unpaired) electrons. The van der Waals surface area contributed by atoms with Gasteiger partial charge in [-0.15, -0.1) is 0 Å². The normalized spacial score (nSPS) is 12.0. The van der Waals surface area contributed by atoms with Gasteiger partial charge in [0.05, 0.1) is 45.3 Å². The summed E-state index contributed by atoms with van der Waals surface area (Å²) in [6.07, 6.45) is 0. The van der Waals surface area contributed by atoms with Gasteiger partial charge in [-0.05, 0) is 91.0 Å². The maximum atomic E-state index is 9.66. The first kappa shape index (κ1) is 26.8. The van der Waals surface area contributed by atoms with Crippen LogP contribution in [-0.2, 0) is 0 Å². The molecule has 7 aromatic carbocycles. The molecule has 230 valence electrons. The lowest BCUT2D eigenvalue weighted by atomic mass is 10.1. The zero-order valence-corrected chi connectivity index (χ0v) is 26.3. The quantitative estimate of drug-likeness (QED) is 0.189. The molecule has 0 saturated carbocycles. The predicted octanol–water partition coefficient (Wildman–Crippen LogP) is 11.4. The minimum absolute atomic E-state index is 0.577. The molecule has 11 aromatic rings. The number of benzene rings is 7. The molecule has 0 spiro atoms. The van der Waals surface area contributed by atoms with Gasteiger partial charge in [-0.3, -0.25) is 0 Å². The zero-order valence-electron chi connectivity index (χ0n) is 26.3. The van der Waals surface area contributed by atoms with Crippen LogP contribution in [0.25, 0.3) is 98.9 Å². The molecule has 0 amide bonds. The van der Waals surface area contributed by atoms with E-state index in [-0.39, 0.29) is 0 Å². The summed E-state index contributed by atoms with van der Waals surface area (Å²) in [6.45, 7) is 0. The second kappa shape index (κ2) is 9.64. The SMILES string of the molecule is N#Cc1ccc2c(c1)c1cc(C#N)ccc1n2-c1ccc2oc3ccc(-n4c5ccccc5c5ccc6c7ccccc7oc6c54)cc3c2c1. The molecule has 0 fully saturated rings. The molecule has 0 atom stereocenters.